The Hall–Kier alpha value is -3.88. The normalized spacial score (nSPS) is 15.9. The number of carboxylic acids is 2. The van der Waals surface area contributed by atoms with E-state index in [0.29, 0.717) is 81.0 Å². The first-order valence-corrected chi connectivity index (χ1v) is 12.8. The third kappa shape index (κ3) is 9.33. The second kappa shape index (κ2) is 14.1. The maximum Gasteiger partial charge on any atom is 0.490 e. The number of anilines is 2. The number of ether oxygens (including phenoxy) is 1. The summed E-state index contributed by atoms with van der Waals surface area (Å²) in [7, 11) is 0. The smallest absolute Gasteiger partial charge is 0.478 e. The highest BCUT2D eigenvalue weighted by Crippen LogP contribution is 2.26. The Morgan fingerprint density at radius 1 is 0.902 bits per heavy atom. The number of aliphatic carboxylic acids is 1. The van der Waals surface area contributed by atoms with Gasteiger partial charge in [-0.25, -0.2) is 9.59 Å². The molecule has 2 amide bonds. The third-order valence-corrected chi connectivity index (χ3v) is 6.52. The molecule has 0 spiro atoms. The Balaban J connectivity index is 0.000000587. The number of aromatic carboxylic acids is 1. The molecular weight excluding hydrogens is 573 g/mol. The molecule has 3 N–H and O–H groups in total. The standard InChI is InChI=1S/C24H27ClN4O5.C2HF3O2/c25-18-3-1-17(2-4-18)23(31)26-19-5-6-21(20(15-19)24(32)33)28-9-7-27(8-10-28)16-22(30)29-11-13-34-14-12-29;3-2(4,5)1(6)7/h1-6,15H,7-14,16H2,(H,26,31)(H,32,33);(H,6,7). The minimum absolute atomic E-state index is 0.101. The number of rotatable bonds is 6. The van der Waals surface area contributed by atoms with Crippen LogP contribution in [-0.2, 0) is 14.3 Å². The van der Waals surface area contributed by atoms with Crippen molar-refractivity contribution < 1.29 is 47.3 Å². The summed E-state index contributed by atoms with van der Waals surface area (Å²) >= 11 is 5.86. The summed E-state index contributed by atoms with van der Waals surface area (Å²) in [6.45, 7) is 5.29. The van der Waals surface area contributed by atoms with Gasteiger partial charge in [0.25, 0.3) is 5.91 Å². The van der Waals surface area contributed by atoms with E-state index in [4.69, 9.17) is 26.2 Å². The van der Waals surface area contributed by atoms with E-state index in [0.717, 1.165) is 0 Å². The van der Waals surface area contributed by atoms with E-state index < -0.39 is 18.1 Å². The van der Waals surface area contributed by atoms with E-state index in [1.807, 2.05) is 9.80 Å². The summed E-state index contributed by atoms with van der Waals surface area (Å²) < 4.78 is 37.0. The van der Waals surface area contributed by atoms with Crippen molar-refractivity contribution in [2.24, 2.45) is 0 Å². The Labute approximate surface area is 238 Å². The largest absolute Gasteiger partial charge is 0.490 e. The molecular formula is C26H28ClF3N4O7. The van der Waals surface area contributed by atoms with Crippen LogP contribution in [0.4, 0.5) is 24.5 Å². The number of carbonyl (C=O) groups is 4. The highest BCUT2D eigenvalue weighted by Gasteiger charge is 2.38. The highest BCUT2D eigenvalue weighted by atomic mass is 35.5. The zero-order valence-electron chi connectivity index (χ0n) is 21.7. The fraction of sp³-hybridized carbons (Fsp3) is 0.385. The Bertz CT molecular complexity index is 1250. The number of nitrogens with one attached hydrogen (secondary N) is 1. The van der Waals surface area contributed by atoms with Crippen molar-refractivity contribution in [2.75, 3.05) is 69.2 Å². The van der Waals surface area contributed by atoms with Crippen molar-refractivity contribution in [3.63, 3.8) is 0 Å². The van der Waals surface area contributed by atoms with Crippen LogP contribution in [0.1, 0.15) is 20.7 Å². The number of hydrogen-bond acceptors (Lipinski definition) is 7. The molecule has 2 aromatic carbocycles. The molecule has 15 heteroatoms. The Morgan fingerprint density at radius 2 is 1.49 bits per heavy atom. The molecule has 2 fully saturated rings. The molecule has 0 bridgehead atoms. The number of carbonyl (C=O) groups excluding carboxylic acids is 2. The van der Waals surface area contributed by atoms with Crippen LogP contribution in [0.15, 0.2) is 42.5 Å². The van der Waals surface area contributed by atoms with E-state index in [2.05, 4.69) is 10.2 Å². The van der Waals surface area contributed by atoms with E-state index in [9.17, 15) is 32.7 Å². The number of nitrogens with zero attached hydrogens (tertiary/aromatic N) is 3. The lowest BCUT2D eigenvalue weighted by Gasteiger charge is -2.37. The molecule has 2 saturated heterocycles. The van der Waals surface area contributed by atoms with Crippen LogP contribution < -0.4 is 10.2 Å². The minimum Gasteiger partial charge on any atom is -0.478 e. The third-order valence-electron chi connectivity index (χ3n) is 6.27. The molecule has 0 aliphatic carbocycles. The molecule has 0 unspecified atom stereocenters. The molecule has 2 aliphatic rings. The first-order valence-electron chi connectivity index (χ1n) is 12.4. The van der Waals surface area contributed by atoms with Crippen molar-refractivity contribution in [2.45, 2.75) is 6.18 Å². The van der Waals surface area contributed by atoms with Gasteiger partial charge in [-0.3, -0.25) is 14.5 Å². The van der Waals surface area contributed by atoms with Gasteiger partial charge in [-0.05, 0) is 42.5 Å². The molecule has 2 heterocycles. The van der Waals surface area contributed by atoms with Gasteiger partial charge in [0.1, 0.15) is 0 Å². The van der Waals surface area contributed by atoms with Crippen LogP contribution in [0, 0.1) is 0 Å². The Morgan fingerprint density at radius 3 is 2.02 bits per heavy atom. The highest BCUT2D eigenvalue weighted by molar-refractivity contribution is 6.30. The minimum atomic E-state index is -5.08. The van der Waals surface area contributed by atoms with Gasteiger partial charge in [-0.1, -0.05) is 11.6 Å². The molecule has 0 radical (unpaired) electrons. The zero-order chi connectivity index (χ0) is 30.2. The van der Waals surface area contributed by atoms with Crippen molar-refractivity contribution in [1.29, 1.82) is 0 Å². The molecule has 11 nitrogen and oxygen atoms in total. The van der Waals surface area contributed by atoms with Crippen LogP contribution in [0.25, 0.3) is 0 Å². The summed E-state index contributed by atoms with van der Waals surface area (Å²) in [6.07, 6.45) is -5.08. The molecule has 4 rings (SSSR count). The second-order valence-corrected chi connectivity index (χ2v) is 9.49. The molecule has 0 atom stereocenters. The number of piperazine rings is 1. The van der Waals surface area contributed by atoms with Gasteiger partial charge in [0.15, 0.2) is 0 Å². The first-order chi connectivity index (χ1) is 19.3. The second-order valence-electron chi connectivity index (χ2n) is 9.06. The van der Waals surface area contributed by atoms with E-state index >= 15 is 0 Å². The monoisotopic (exact) mass is 600 g/mol. The van der Waals surface area contributed by atoms with Gasteiger partial charge in [0, 0.05) is 55.5 Å². The van der Waals surface area contributed by atoms with Crippen LogP contribution in [-0.4, -0.2) is 109 Å². The fourth-order valence-corrected chi connectivity index (χ4v) is 4.24. The predicted octanol–water partition coefficient (Wildman–Crippen LogP) is 2.90. The van der Waals surface area contributed by atoms with Gasteiger partial charge in [0.2, 0.25) is 5.91 Å². The average molecular weight is 601 g/mol. The summed E-state index contributed by atoms with van der Waals surface area (Å²) in [5, 5.41) is 20.2. The van der Waals surface area contributed by atoms with Crippen LogP contribution in [0.5, 0.6) is 0 Å². The summed E-state index contributed by atoms with van der Waals surface area (Å²) in [6, 6.07) is 11.3. The molecule has 2 aromatic rings. The lowest BCUT2D eigenvalue weighted by atomic mass is 10.1. The van der Waals surface area contributed by atoms with Gasteiger partial charge in [-0.15, -0.1) is 0 Å². The average Bonchev–Trinajstić information content (AvgIpc) is 2.94. The number of alkyl halides is 3. The van der Waals surface area contributed by atoms with Gasteiger partial charge >= 0.3 is 18.1 Å². The number of hydrogen-bond donors (Lipinski definition) is 3. The molecule has 2 aliphatic heterocycles. The quantitative estimate of drug-likeness (QED) is 0.457. The van der Waals surface area contributed by atoms with Crippen molar-refractivity contribution >= 4 is 46.7 Å². The molecule has 41 heavy (non-hydrogen) atoms. The lowest BCUT2D eigenvalue weighted by molar-refractivity contribution is -0.192. The van der Waals surface area contributed by atoms with Gasteiger partial charge in [0.05, 0.1) is 31.0 Å². The summed E-state index contributed by atoms with van der Waals surface area (Å²) in [5.74, 6) is -4.07. The summed E-state index contributed by atoms with van der Waals surface area (Å²) in [4.78, 5) is 51.8. The summed E-state index contributed by atoms with van der Waals surface area (Å²) in [5.41, 5.74) is 1.53. The lowest BCUT2D eigenvalue weighted by Crippen LogP contribution is -2.51. The predicted molar refractivity (Wildman–Crippen MR) is 143 cm³/mol. The van der Waals surface area contributed by atoms with Crippen molar-refractivity contribution in [3.8, 4) is 0 Å². The van der Waals surface area contributed by atoms with Crippen LogP contribution in [0.3, 0.4) is 0 Å². The number of benzene rings is 2. The van der Waals surface area contributed by atoms with E-state index in [1.54, 1.807) is 36.4 Å². The van der Waals surface area contributed by atoms with Crippen molar-refractivity contribution in [1.82, 2.24) is 9.80 Å². The SMILES string of the molecule is O=C(Nc1ccc(N2CCN(CC(=O)N3CCOCC3)CC2)c(C(=O)O)c1)c1ccc(Cl)cc1.O=C(O)C(F)(F)F. The zero-order valence-corrected chi connectivity index (χ0v) is 22.5. The molecule has 0 saturated carbocycles. The maximum absolute atomic E-state index is 12.5. The van der Waals surface area contributed by atoms with Crippen molar-refractivity contribution in [3.05, 3.63) is 58.6 Å². The van der Waals surface area contributed by atoms with Gasteiger partial charge in [-0.2, -0.15) is 13.2 Å². The molecule has 222 valence electrons. The topological polar surface area (TPSA) is 140 Å². The molecule has 0 aromatic heterocycles. The Kier molecular flexibility index (Phi) is 10.9. The van der Waals surface area contributed by atoms with Crippen LogP contribution >= 0.6 is 11.6 Å². The fourth-order valence-electron chi connectivity index (χ4n) is 4.12. The first kappa shape index (κ1) is 31.6. The van der Waals surface area contributed by atoms with E-state index in [1.165, 1.54) is 6.07 Å². The number of halogens is 4. The van der Waals surface area contributed by atoms with Crippen LogP contribution in [0.2, 0.25) is 5.02 Å². The number of carboxylic acid groups (broad SMARTS) is 2. The maximum atomic E-state index is 12.5. The number of morpholine rings is 1. The van der Waals surface area contributed by atoms with Gasteiger partial charge < -0.3 is 30.1 Å². The number of amides is 2. The van der Waals surface area contributed by atoms with E-state index in [-0.39, 0.29) is 17.4 Å².